The molecule has 0 radical (unpaired) electrons. The lowest BCUT2D eigenvalue weighted by atomic mass is 10.1. The number of aromatic nitrogens is 1. The zero-order valence-corrected chi connectivity index (χ0v) is 10.2. The van der Waals surface area contributed by atoms with Crippen molar-refractivity contribution < 1.29 is 24.5 Å². The van der Waals surface area contributed by atoms with E-state index in [0.29, 0.717) is 6.61 Å². The van der Waals surface area contributed by atoms with E-state index in [1.54, 1.807) is 0 Å². The van der Waals surface area contributed by atoms with Crippen LogP contribution in [-0.4, -0.2) is 57.8 Å². The van der Waals surface area contributed by atoms with E-state index < -0.39 is 17.9 Å². The predicted octanol–water partition coefficient (Wildman–Crippen LogP) is 0.103. The van der Waals surface area contributed by atoms with E-state index in [4.69, 9.17) is 9.84 Å². The zero-order valence-electron chi connectivity index (χ0n) is 10.2. The van der Waals surface area contributed by atoms with E-state index in [-0.39, 0.29) is 31.0 Å². The lowest BCUT2D eigenvalue weighted by Crippen LogP contribution is -2.49. The summed E-state index contributed by atoms with van der Waals surface area (Å²) in [5, 5.41) is 18.5. The average Bonchev–Trinajstić information content (AvgIpc) is 2.38. The molecule has 0 bridgehead atoms. The summed E-state index contributed by atoms with van der Waals surface area (Å²) in [5.74, 6) is -1.70. The van der Waals surface area contributed by atoms with Gasteiger partial charge < -0.3 is 19.8 Å². The Labute approximate surface area is 109 Å². The number of nitrogens with zero attached hydrogens (tertiary/aromatic N) is 2. The van der Waals surface area contributed by atoms with E-state index in [9.17, 15) is 14.7 Å². The first-order valence-corrected chi connectivity index (χ1v) is 5.84. The first kappa shape index (κ1) is 13.3. The van der Waals surface area contributed by atoms with Crippen LogP contribution in [0.25, 0.3) is 0 Å². The van der Waals surface area contributed by atoms with Gasteiger partial charge in [0.05, 0.1) is 25.7 Å². The quantitative estimate of drug-likeness (QED) is 0.805. The predicted molar refractivity (Wildman–Crippen MR) is 63.8 cm³/mol. The number of aromatic hydroxyl groups is 1. The minimum Gasteiger partial charge on any atom is -0.505 e. The van der Waals surface area contributed by atoms with Gasteiger partial charge in [-0.05, 0) is 12.1 Å². The largest absolute Gasteiger partial charge is 0.505 e. The van der Waals surface area contributed by atoms with Crippen LogP contribution in [-0.2, 0) is 9.53 Å². The van der Waals surface area contributed by atoms with Crippen LogP contribution in [0.2, 0.25) is 0 Å². The summed E-state index contributed by atoms with van der Waals surface area (Å²) < 4.78 is 5.19. The van der Waals surface area contributed by atoms with Crippen molar-refractivity contribution in [2.24, 2.45) is 0 Å². The van der Waals surface area contributed by atoms with Crippen molar-refractivity contribution >= 4 is 11.9 Å². The van der Waals surface area contributed by atoms with Crippen LogP contribution in [0.4, 0.5) is 0 Å². The zero-order chi connectivity index (χ0) is 13.8. The summed E-state index contributed by atoms with van der Waals surface area (Å²) in [4.78, 5) is 28.3. The molecular formula is C12H14N2O5. The number of hydrogen-bond donors (Lipinski definition) is 2. The van der Waals surface area contributed by atoms with E-state index in [0.717, 1.165) is 0 Å². The Hall–Kier alpha value is -2.15. The van der Waals surface area contributed by atoms with Crippen LogP contribution < -0.4 is 0 Å². The minimum absolute atomic E-state index is 0.0696. The molecule has 0 unspecified atom stereocenters. The smallest absolute Gasteiger partial charge is 0.305 e. The summed E-state index contributed by atoms with van der Waals surface area (Å²) in [5.41, 5.74) is -0.0696. The summed E-state index contributed by atoms with van der Waals surface area (Å²) >= 11 is 0. The number of pyridine rings is 1. The van der Waals surface area contributed by atoms with Crippen LogP contribution >= 0.6 is 0 Å². The Balaban J connectivity index is 2.20. The molecule has 1 amide bonds. The minimum atomic E-state index is -1.00. The molecule has 102 valence electrons. The summed E-state index contributed by atoms with van der Waals surface area (Å²) in [7, 11) is 0. The Morgan fingerprint density at radius 3 is 3.00 bits per heavy atom. The molecule has 2 heterocycles. The highest BCUT2D eigenvalue weighted by Crippen LogP contribution is 2.19. The maximum absolute atomic E-state index is 12.3. The van der Waals surface area contributed by atoms with Crippen molar-refractivity contribution in [2.75, 3.05) is 19.8 Å². The average molecular weight is 266 g/mol. The van der Waals surface area contributed by atoms with Crippen LogP contribution in [0, 0.1) is 0 Å². The molecule has 0 saturated carbocycles. The Kier molecular flexibility index (Phi) is 3.96. The van der Waals surface area contributed by atoms with Crippen molar-refractivity contribution in [1.29, 1.82) is 0 Å². The molecule has 1 aromatic heterocycles. The van der Waals surface area contributed by atoms with Crippen LogP contribution in [0.15, 0.2) is 18.3 Å². The maximum atomic E-state index is 12.3. The molecule has 1 saturated heterocycles. The highest BCUT2D eigenvalue weighted by molar-refractivity contribution is 5.95. The third-order valence-corrected chi connectivity index (χ3v) is 2.89. The SMILES string of the molecule is O=C(O)C[C@H]1COCCN1C(=O)c1ncccc1O. The van der Waals surface area contributed by atoms with Gasteiger partial charge in [0.1, 0.15) is 5.75 Å². The van der Waals surface area contributed by atoms with Gasteiger partial charge in [0, 0.05) is 12.7 Å². The van der Waals surface area contributed by atoms with Crippen LogP contribution in [0.5, 0.6) is 5.75 Å². The molecule has 7 nitrogen and oxygen atoms in total. The van der Waals surface area contributed by atoms with Gasteiger partial charge in [-0.1, -0.05) is 0 Å². The molecule has 1 atom stereocenters. The number of aliphatic carboxylic acids is 1. The van der Waals surface area contributed by atoms with E-state index >= 15 is 0 Å². The Bertz CT molecular complexity index is 491. The molecular weight excluding hydrogens is 252 g/mol. The summed E-state index contributed by atoms with van der Waals surface area (Å²) in [6, 6.07) is 2.34. The fourth-order valence-electron chi connectivity index (χ4n) is 1.99. The Morgan fingerprint density at radius 1 is 1.53 bits per heavy atom. The standard InChI is InChI=1S/C12H14N2O5/c15-9-2-1-3-13-11(9)12(18)14-4-5-19-7-8(14)6-10(16)17/h1-3,8,15H,4-7H2,(H,16,17)/t8-/m0/s1. The molecule has 19 heavy (non-hydrogen) atoms. The molecule has 0 aliphatic carbocycles. The molecule has 0 spiro atoms. The number of carboxylic acids is 1. The molecule has 1 aliphatic rings. The van der Waals surface area contributed by atoms with Gasteiger partial charge in [-0.25, -0.2) is 4.98 Å². The fraction of sp³-hybridized carbons (Fsp3) is 0.417. The normalized spacial score (nSPS) is 19.2. The van der Waals surface area contributed by atoms with E-state index in [2.05, 4.69) is 4.98 Å². The number of hydrogen-bond acceptors (Lipinski definition) is 5. The second-order valence-corrected chi connectivity index (χ2v) is 4.20. The summed E-state index contributed by atoms with van der Waals surface area (Å²) in [6.45, 7) is 0.799. The number of amides is 1. The van der Waals surface area contributed by atoms with Gasteiger partial charge in [0.2, 0.25) is 0 Å². The molecule has 0 aromatic carbocycles. The molecule has 2 rings (SSSR count). The maximum Gasteiger partial charge on any atom is 0.305 e. The Morgan fingerprint density at radius 2 is 2.32 bits per heavy atom. The number of morpholine rings is 1. The van der Waals surface area contributed by atoms with Gasteiger partial charge in [0.15, 0.2) is 5.69 Å². The third-order valence-electron chi connectivity index (χ3n) is 2.89. The first-order chi connectivity index (χ1) is 9.09. The van der Waals surface area contributed by atoms with E-state index in [1.807, 2.05) is 0 Å². The lowest BCUT2D eigenvalue weighted by Gasteiger charge is -2.34. The van der Waals surface area contributed by atoms with Crippen molar-refractivity contribution in [3.8, 4) is 5.75 Å². The molecule has 1 aliphatic heterocycles. The fourth-order valence-corrected chi connectivity index (χ4v) is 1.99. The van der Waals surface area contributed by atoms with Gasteiger partial charge in [-0.2, -0.15) is 0 Å². The van der Waals surface area contributed by atoms with Crippen molar-refractivity contribution in [2.45, 2.75) is 12.5 Å². The van der Waals surface area contributed by atoms with E-state index in [1.165, 1.54) is 23.2 Å². The highest BCUT2D eigenvalue weighted by atomic mass is 16.5. The molecule has 2 N–H and O–H groups in total. The van der Waals surface area contributed by atoms with Gasteiger partial charge in [-0.15, -0.1) is 0 Å². The van der Waals surface area contributed by atoms with Crippen LogP contribution in [0.3, 0.4) is 0 Å². The van der Waals surface area contributed by atoms with Crippen LogP contribution in [0.1, 0.15) is 16.9 Å². The van der Waals surface area contributed by atoms with Gasteiger partial charge >= 0.3 is 5.97 Å². The summed E-state index contributed by atoms with van der Waals surface area (Å²) in [6.07, 6.45) is 1.21. The number of carbonyl (C=O) groups is 2. The monoisotopic (exact) mass is 266 g/mol. The van der Waals surface area contributed by atoms with Gasteiger partial charge in [-0.3, -0.25) is 9.59 Å². The van der Waals surface area contributed by atoms with Gasteiger partial charge in [0.25, 0.3) is 5.91 Å². The number of carboxylic acid groups (broad SMARTS) is 1. The highest BCUT2D eigenvalue weighted by Gasteiger charge is 2.31. The number of rotatable bonds is 3. The number of carbonyl (C=O) groups excluding carboxylic acids is 1. The third kappa shape index (κ3) is 3.00. The second kappa shape index (κ2) is 5.66. The topological polar surface area (TPSA) is 100.0 Å². The lowest BCUT2D eigenvalue weighted by molar-refractivity contribution is -0.139. The first-order valence-electron chi connectivity index (χ1n) is 5.84. The second-order valence-electron chi connectivity index (χ2n) is 4.20. The molecule has 7 heteroatoms. The number of ether oxygens (including phenoxy) is 1. The molecule has 1 aromatic rings. The van der Waals surface area contributed by atoms with Crippen molar-refractivity contribution in [3.05, 3.63) is 24.0 Å². The van der Waals surface area contributed by atoms with Crippen molar-refractivity contribution in [3.63, 3.8) is 0 Å². The molecule has 1 fully saturated rings. The van der Waals surface area contributed by atoms with Crippen molar-refractivity contribution in [1.82, 2.24) is 9.88 Å².